The summed E-state index contributed by atoms with van der Waals surface area (Å²) >= 11 is 0. The van der Waals surface area contributed by atoms with E-state index in [-0.39, 0.29) is 5.41 Å². The number of nitrogens with one attached hydrogen (secondary N) is 1. The van der Waals surface area contributed by atoms with Crippen molar-refractivity contribution in [1.29, 1.82) is 5.41 Å². The third kappa shape index (κ3) is 2.44. The normalized spacial score (nSPS) is 21.5. The highest BCUT2D eigenvalue weighted by Gasteiger charge is 2.43. The molecule has 0 saturated carbocycles. The van der Waals surface area contributed by atoms with E-state index in [0.717, 1.165) is 30.2 Å². The average Bonchev–Trinajstić information content (AvgIpc) is 3.14. The molecule has 0 saturated heterocycles. The fraction of sp³-hybridized carbons (Fsp3) is 0.316. The number of anilines is 1. The van der Waals surface area contributed by atoms with Gasteiger partial charge < -0.3 is 19.5 Å². The first-order valence-electron chi connectivity index (χ1n) is 7.83. The zero-order valence-electron chi connectivity index (χ0n) is 13.8. The van der Waals surface area contributed by atoms with Crippen LogP contribution in [0.2, 0.25) is 0 Å². The summed E-state index contributed by atoms with van der Waals surface area (Å²) in [5.41, 5.74) is 3.25. The molecule has 0 bridgehead atoms. The molecule has 1 aliphatic heterocycles. The molecular formula is C19H22N2O2. The van der Waals surface area contributed by atoms with Gasteiger partial charge in [-0.3, -0.25) is 0 Å². The summed E-state index contributed by atoms with van der Waals surface area (Å²) in [5, 5.41) is 7.57. The van der Waals surface area contributed by atoms with Crippen molar-refractivity contribution in [3.63, 3.8) is 0 Å². The lowest BCUT2D eigenvalue weighted by atomic mass is 9.77. The second kappa shape index (κ2) is 5.95. The van der Waals surface area contributed by atoms with Crippen LogP contribution in [0, 0.1) is 5.41 Å². The van der Waals surface area contributed by atoms with Crippen molar-refractivity contribution in [2.45, 2.75) is 25.7 Å². The van der Waals surface area contributed by atoms with Crippen molar-refractivity contribution >= 4 is 11.9 Å². The number of rotatable bonds is 5. The molecule has 1 unspecified atom stereocenters. The Morgan fingerprint density at radius 2 is 2.17 bits per heavy atom. The Morgan fingerprint density at radius 3 is 2.78 bits per heavy atom. The number of hydrogen-bond donors (Lipinski definition) is 1. The molecule has 2 heterocycles. The molecule has 3 rings (SSSR count). The van der Waals surface area contributed by atoms with E-state index in [9.17, 15) is 0 Å². The molecule has 1 N–H and O–H groups in total. The van der Waals surface area contributed by atoms with Gasteiger partial charge in [0.1, 0.15) is 11.5 Å². The van der Waals surface area contributed by atoms with Gasteiger partial charge in [-0.25, -0.2) is 0 Å². The van der Waals surface area contributed by atoms with Gasteiger partial charge in [0.25, 0.3) is 0 Å². The quantitative estimate of drug-likeness (QED) is 0.844. The molecule has 4 nitrogen and oxygen atoms in total. The van der Waals surface area contributed by atoms with Gasteiger partial charge in [0, 0.05) is 36.0 Å². The van der Waals surface area contributed by atoms with Crippen LogP contribution < -0.4 is 9.64 Å². The Hall–Kier alpha value is -2.49. The maximum atomic E-state index is 7.57. The van der Waals surface area contributed by atoms with Crippen LogP contribution in [0.4, 0.5) is 5.69 Å². The van der Waals surface area contributed by atoms with Gasteiger partial charge >= 0.3 is 0 Å². The molecule has 4 heteroatoms. The summed E-state index contributed by atoms with van der Waals surface area (Å²) in [7, 11) is 1.69. The van der Waals surface area contributed by atoms with Gasteiger partial charge in [-0.2, -0.15) is 0 Å². The maximum Gasteiger partial charge on any atom is 0.119 e. The Labute approximate surface area is 136 Å². The Kier molecular flexibility index (Phi) is 3.99. The summed E-state index contributed by atoms with van der Waals surface area (Å²) in [6, 6.07) is 10.1. The number of nitrogens with zero attached hydrogens (tertiary/aromatic N) is 1. The zero-order valence-corrected chi connectivity index (χ0v) is 13.8. The van der Waals surface area contributed by atoms with Crippen molar-refractivity contribution < 1.29 is 9.15 Å². The molecular weight excluding hydrogens is 288 g/mol. The largest absolute Gasteiger partial charge is 0.497 e. The van der Waals surface area contributed by atoms with Crippen LogP contribution in [0.5, 0.6) is 5.75 Å². The molecule has 0 aliphatic carbocycles. The molecule has 120 valence electrons. The number of methoxy groups -OCH3 is 1. The van der Waals surface area contributed by atoms with Gasteiger partial charge in [-0.15, -0.1) is 0 Å². The van der Waals surface area contributed by atoms with Crippen LogP contribution in [0.15, 0.2) is 52.8 Å². The predicted molar refractivity (Wildman–Crippen MR) is 92.6 cm³/mol. The molecule has 1 aliphatic rings. The van der Waals surface area contributed by atoms with Crippen LogP contribution >= 0.6 is 0 Å². The van der Waals surface area contributed by atoms with Crippen molar-refractivity contribution in [2.24, 2.45) is 0 Å². The summed E-state index contributed by atoms with van der Waals surface area (Å²) in [6.07, 6.45) is 5.70. The fourth-order valence-electron chi connectivity index (χ4n) is 3.53. The first-order valence-corrected chi connectivity index (χ1v) is 7.83. The van der Waals surface area contributed by atoms with Crippen molar-refractivity contribution in [3.05, 3.63) is 59.7 Å². The second-order valence-electron chi connectivity index (χ2n) is 5.93. The number of allylic oxidation sites excluding steroid dienone is 2. The predicted octanol–water partition coefficient (Wildman–Crippen LogP) is 4.16. The van der Waals surface area contributed by atoms with Gasteiger partial charge in [0.2, 0.25) is 0 Å². The lowest BCUT2D eigenvalue weighted by Crippen LogP contribution is -2.30. The number of likely N-dealkylation sites (N-methyl/N-ethyl adjacent to an activating group) is 1. The van der Waals surface area contributed by atoms with Gasteiger partial charge in [-0.1, -0.05) is 0 Å². The minimum atomic E-state index is -0.255. The van der Waals surface area contributed by atoms with E-state index >= 15 is 0 Å². The highest BCUT2D eigenvalue weighted by atomic mass is 16.5. The molecule has 0 spiro atoms. The van der Waals surface area contributed by atoms with E-state index in [1.165, 1.54) is 17.5 Å². The maximum absolute atomic E-state index is 7.57. The second-order valence-corrected chi connectivity index (χ2v) is 5.93. The van der Waals surface area contributed by atoms with Crippen molar-refractivity contribution in [1.82, 2.24) is 0 Å². The molecule has 0 radical (unpaired) electrons. The third-order valence-electron chi connectivity index (χ3n) is 4.61. The summed E-state index contributed by atoms with van der Waals surface area (Å²) in [6.45, 7) is 5.19. The first-order chi connectivity index (χ1) is 11.1. The SMILES string of the molecule is CCN1/C(=C\C=N)C(C)(Cc2ccco2)c2cc(OC)ccc21. The van der Waals surface area contributed by atoms with Crippen LogP contribution in [-0.4, -0.2) is 19.9 Å². The number of ether oxygens (including phenoxy) is 1. The van der Waals surface area contributed by atoms with Crippen LogP contribution in [0.3, 0.4) is 0 Å². The van der Waals surface area contributed by atoms with Crippen LogP contribution in [0.1, 0.15) is 25.2 Å². The molecule has 23 heavy (non-hydrogen) atoms. The number of fused-ring (bicyclic) bond motifs is 1. The van der Waals surface area contributed by atoms with E-state index in [2.05, 4.69) is 30.9 Å². The number of hydrogen-bond acceptors (Lipinski definition) is 4. The van der Waals surface area contributed by atoms with Crippen molar-refractivity contribution in [2.75, 3.05) is 18.6 Å². The Morgan fingerprint density at radius 1 is 1.35 bits per heavy atom. The first kappa shape index (κ1) is 15.4. The Balaban J connectivity index is 2.18. The van der Waals surface area contributed by atoms with E-state index in [0.29, 0.717) is 0 Å². The fourth-order valence-corrected chi connectivity index (χ4v) is 3.53. The summed E-state index contributed by atoms with van der Waals surface area (Å²) in [5.74, 6) is 1.79. The molecule has 1 atom stereocenters. The molecule has 1 aromatic heterocycles. The average molecular weight is 310 g/mol. The lowest BCUT2D eigenvalue weighted by Gasteiger charge is -2.29. The minimum Gasteiger partial charge on any atom is -0.497 e. The van der Waals surface area contributed by atoms with E-state index in [4.69, 9.17) is 14.6 Å². The summed E-state index contributed by atoms with van der Waals surface area (Å²) in [4.78, 5) is 2.27. The third-order valence-corrected chi connectivity index (χ3v) is 4.61. The van der Waals surface area contributed by atoms with Gasteiger partial charge in [0.05, 0.1) is 13.4 Å². The van der Waals surface area contributed by atoms with E-state index in [1.807, 2.05) is 24.3 Å². The molecule has 0 fully saturated rings. The van der Waals surface area contributed by atoms with Crippen LogP contribution in [-0.2, 0) is 11.8 Å². The number of benzene rings is 1. The lowest BCUT2D eigenvalue weighted by molar-refractivity contribution is 0.411. The monoisotopic (exact) mass is 310 g/mol. The van der Waals surface area contributed by atoms with Gasteiger partial charge in [0.15, 0.2) is 0 Å². The van der Waals surface area contributed by atoms with Gasteiger partial charge in [-0.05, 0) is 55.8 Å². The standard InChI is InChI=1S/C19H22N2O2/c1-4-21-17-8-7-14(22-3)12-16(17)19(2,18(21)9-10-20)13-15-6-5-11-23-15/h5-12,20H,4,13H2,1-3H3/b18-9-,20-10?. The summed E-state index contributed by atoms with van der Waals surface area (Å²) < 4.78 is 11.0. The Bertz CT molecular complexity index is 734. The van der Waals surface area contributed by atoms with Crippen LogP contribution in [0.25, 0.3) is 0 Å². The molecule has 2 aromatic rings. The molecule has 0 amide bonds. The highest BCUT2D eigenvalue weighted by Crippen LogP contribution is 2.50. The zero-order chi connectivity index (χ0) is 16.4. The topological polar surface area (TPSA) is 49.5 Å². The van der Waals surface area contributed by atoms with E-state index in [1.54, 1.807) is 13.4 Å². The molecule has 1 aromatic carbocycles. The smallest absolute Gasteiger partial charge is 0.119 e. The minimum absolute atomic E-state index is 0.255. The van der Waals surface area contributed by atoms with E-state index < -0.39 is 0 Å². The van der Waals surface area contributed by atoms with Crippen molar-refractivity contribution in [3.8, 4) is 5.75 Å². The number of furan rings is 1. The highest BCUT2D eigenvalue weighted by molar-refractivity contribution is 5.79.